The lowest BCUT2D eigenvalue weighted by molar-refractivity contribution is 0.585. The highest BCUT2D eigenvalue weighted by molar-refractivity contribution is 6.32. The van der Waals surface area contributed by atoms with E-state index < -0.39 is 11.6 Å². The molecule has 90 valence electrons. The number of nitrogens with zero attached hydrogens (tertiary/aromatic N) is 2. The van der Waals surface area contributed by atoms with Gasteiger partial charge < -0.3 is 10.3 Å². The van der Waals surface area contributed by atoms with E-state index in [1.807, 2.05) is 0 Å². The Kier molecular flexibility index (Phi) is 3.13. The van der Waals surface area contributed by atoms with Crippen LogP contribution in [0.5, 0.6) is 0 Å². The van der Waals surface area contributed by atoms with Gasteiger partial charge in [-0.05, 0) is 12.1 Å². The van der Waals surface area contributed by atoms with E-state index in [1.165, 1.54) is 6.07 Å². The van der Waals surface area contributed by atoms with Crippen LogP contribution in [0.2, 0.25) is 5.15 Å². The van der Waals surface area contributed by atoms with Gasteiger partial charge in [-0.25, -0.2) is 13.8 Å². The maximum atomic E-state index is 13.6. The molecule has 1 heterocycles. The maximum Gasteiger partial charge on any atom is 0.136 e. The maximum absolute atomic E-state index is 13.6. The molecule has 0 saturated carbocycles. The first-order valence-corrected chi connectivity index (χ1v) is 5.29. The largest absolute Gasteiger partial charge is 0.324 e. The van der Waals surface area contributed by atoms with Crippen molar-refractivity contribution in [3.8, 4) is 11.3 Å². The Morgan fingerprint density at radius 3 is 2.65 bits per heavy atom. The summed E-state index contributed by atoms with van der Waals surface area (Å²) in [7, 11) is 1.68. The zero-order valence-electron chi connectivity index (χ0n) is 9.04. The van der Waals surface area contributed by atoms with E-state index in [0.717, 1.165) is 12.1 Å². The third kappa shape index (κ3) is 2.03. The minimum absolute atomic E-state index is 0.159. The average molecular weight is 258 g/mol. The van der Waals surface area contributed by atoms with Crippen LogP contribution in [0.15, 0.2) is 18.2 Å². The first-order chi connectivity index (χ1) is 8.04. The minimum atomic E-state index is -0.700. The third-order valence-electron chi connectivity index (χ3n) is 2.49. The van der Waals surface area contributed by atoms with Crippen LogP contribution >= 0.6 is 11.6 Å². The minimum Gasteiger partial charge on any atom is -0.324 e. The molecule has 1 aromatic carbocycles. The van der Waals surface area contributed by atoms with Gasteiger partial charge in [-0.2, -0.15) is 0 Å². The molecule has 0 fully saturated rings. The van der Waals surface area contributed by atoms with E-state index in [4.69, 9.17) is 17.3 Å². The number of hydrogen-bond donors (Lipinski definition) is 1. The molecule has 0 atom stereocenters. The van der Waals surface area contributed by atoms with Crippen molar-refractivity contribution in [2.45, 2.75) is 6.54 Å². The van der Waals surface area contributed by atoms with Crippen molar-refractivity contribution in [2.75, 3.05) is 0 Å². The van der Waals surface area contributed by atoms with Gasteiger partial charge in [-0.15, -0.1) is 0 Å². The van der Waals surface area contributed by atoms with Crippen molar-refractivity contribution in [1.29, 1.82) is 0 Å². The van der Waals surface area contributed by atoms with E-state index in [2.05, 4.69) is 4.98 Å². The molecule has 0 saturated heterocycles. The molecule has 3 nitrogen and oxygen atoms in total. The highest BCUT2D eigenvalue weighted by atomic mass is 35.5. The van der Waals surface area contributed by atoms with Gasteiger partial charge in [0, 0.05) is 18.7 Å². The Labute approximate surface area is 102 Å². The number of aromatic nitrogens is 2. The van der Waals surface area contributed by atoms with Crippen molar-refractivity contribution in [3.05, 3.63) is 40.8 Å². The van der Waals surface area contributed by atoms with Gasteiger partial charge in [0.2, 0.25) is 0 Å². The van der Waals surface area contributed by atoms with Gasteiger partial charge in [-0.3, -0.25) is 0 Å². The molecule has 2 N–H and O–H groups in total. The van der Waals surface area contributed by atoms with Crippen molar-refractivity contribution < 1.29 is 8.78 Å². The Hall–Kier alpha value is -1.46. The van der Waals surface area contributed by atoms with Gasteiger partial charge in [0.05, 0.1) is 6.54 Å². The first kappa shape index (κ1) is 12.0. The van der Waals surface area contributed by atoms with Crippen molar-refractivity contribution in [1.82, 2.24) is 9.55 Å². The molecule has 0 amide bonds. The normalized spacial score (nSPS) is 10.9. The fourth-order valence-corrected chi connectivity index (χ4v) is 1.80. The Morgan fingerprint density at radius 2 is 2.12 bits per heavy atom. The second kappa shape index (κ2) is 4.43. The molecule has 2 aromatic rings. The number of imidazole rings is 1. The van der Waals surface area contributed by atoms with Gasteiger partial charge in [0.1, 0.15) is 28.3 Å². The third-order valence-corrected chi connectivity index (χ3v) is 2.92. The highest BCUT2D eigenvalue weighted by Gasteiger charge is 2.17. The number of benzene rings is 1. The predicted octanol–water partition coefficient (Wildman–Crippen LogP) is 2.48. The summed E-state index contributed by atoms with van der Waals surface area (Å²) in [6.45, 7) is 0.193. The van der Waals surface area contributed by atoms with Gasteiger partial charge >= 0.3 is 0 Å². The average Bonchev–Trinajstić information content (AvgIpc) is 2.57. The van der Waals surface area contributed by atoms with Crippen molar-refractivity contribution >= 4 is 11.6 Å². The quantitative estimate of drug-likeness (QED) is 0.898. The summed E-state index contributed by atoms with van der Waals surface area (Å²) in [5.74, 6) is -0.806. The molecule has 17 heavy (non-hydrogen) atoms. The summed E-state index contributed by atoms with van der Waals surface area (Å²) in [5, 5.41) is 0.274. The molecular weight excluding hydrogens is 248 g/mol. The van der Waals surface area contributed by atoms with Crippen LogP contribution in [0.4, 0.5) is 8.78 Å². The van der Waals surface area contributed by atoms with Gasteiger partial charge in [0.25, 0.3) is 0 Å². The van der Waals surface area contributed by atoms with Gasteiger partial charge in [-0.1, -0.05) is 11.6 Å². The Balaban J connectivity index is 2.60. The Bertz CT molecular complexity index is 566. The number of halogens is 3. The van der Waals surface area contributed by atoms with Crippen LogP contribution in [0.1, 0.15) is 5.82 Å². The monoisotopic (exact) mass is 257 g/mol. The summed E-state index contributed by atoms with van der Waals surface area (Å²) in [5.41, 5.74) is 5.91. The molecule has 0 bridgehead atoms. The molecule has 0 aliphatic carbocycles. The lowest BCUT2D eigenvalue weighted by Crippen LogP contribution is -2.04. The second-order valence-electron chi connectivity index (χ2n) is 3.55. The van der Waals surface area contributed by atoms with Crippen LogP contribution in [0, 0.1) is 11.6 Å². The lowest BCUT2D eigenvalue weighted by atomic mass is 10.1. The van der Waals surface area contributed by atoms with Crippen molar-refractivity contribution in [2.24, 2.45) is 12.8 Å². The summed E-state index contributed by atoms with van der Waals surface area (Å²) in [6, 6.07) is 3.26. The molecule has 0 aliphatic heterocycles. The molecule has 0 radical (unpaired) electrons. The van der Waals surface area contributed by atoms with Crippen LogP contribution in [0.3, 0.4) is 0 Å². The fourth-order valence-electron chi connectivity index (χ4n) is 1.56. The second-order valence-corrected chi connectivity index (χ2v) is 3.91. The van der Waals surface area contributed by atoms with Crippen LogP contribution in [0.25, 0.3) is 11.3 Å². The summed E-state index contributed by atoms with van der Waals surface area (Å²) in [4.78, 5) is 4.13. The lowest BCUT2D eigenvalue weighted by Gasteiger charge is -2.00. The predicted molar refractivity (Wildman–Crippen MR) is 61.5 cm³/mol. The SMILES string of the molecule is Cn1c(CN)nc(-c2ccc(F)cc2F)c1Cl. The van der Waals surface area contributed by atoms with E-state index in [0.29, 0.717) is 5.82 Å². The van der Waals surface area contributed by atoms with E-state index in [9.17, 15) is 8.78 Å². The van der Waals surface area contributed by atoms with E-state index in [-0.39, 0.29) is 23.0 Å². The molecule has 1 aromatic heterocycles. The van der Waals surface area contributed by atoms with Crippen molar-refractivity contribution in [3.63, 3.8) is 0 Å². The van der Waals surface area contributed by atoms with Gasteiger partial charge in [0.15, 0.2) is 0 Å². The van der Waals surface area contributed by atoms with Crippen LogP contribution in [-0.2, 0) is 13.6 Å². The van der Waals surface area contributed by atoms with E-state index >= 15 is 0 Å². The molecule has 0 unspecified atom stereocenters. The van der Waals surface area contributed by atoms with E-state index in [1.54, 1.807) is 11.6 Å². The smallest absolute Gasteiger partial charge is 0.136 e. The zero-order valence-corrected chi connectivity index (χ0v) is 9.80. The number of rotatable bonds is 2. The zero-order chi connectivity index (χ0) is 12.6. The molecular formula is C11H10ClF2N3. The fraction of sp³-hybridized carbons (Fsp3) is 0.182. The number of nitrogens with two attached hydrogens (primary N) is 1. The standard InChI is InChI=1S/C11H10ClF2N3/c1-17-9(5-15)16-10(11(17)12)7-3-2-6(13)4-8(7)14/h2-4H,5,15H2,1H3. The molecule has 0 aliphatic rings. The molecule has 0 spiro atoms. The summed E-state index contributed by atoms with van der Waals surface area (Å²) in [6.07, 6.45) is 0. The first-order valence-electron chi connectivity index (χ1n) is 4.91. The van der Waals surface area contributed by atoms with Crippen LogP contribution < -0.4 is 5.73 Å². The number of hydrogen-bond acceptors (Lipinski definition) is 2. The summed E-state index contributed by atoms with van der Waals surface area (Å²) >= 11 is 6.02. The van der Waals surface area contributed by atoms with Crippen LogP contribution in [-0.4, -0.2) is 9.55 Å². The molecule has 6 heteroatoms. The Morgan fingerprint density at radius 1 is 1.41 bits per heavy atom. The molecule has 2 rings (SSSR count). The highest BCUT2D eigenvalue weighted by Crippen LogP contribution is 2.29. The summed E-state index contributed by atoms with van der Waals surface area (Å²) < 4.78 is 27.9. The topological polar surface area (TPSA) is 43.8 Å².